The van der Waals surface area contributed by atoms with Gasteiger partial charge in [0.2, 0.25) is 5.91 Å². The Morgan fingerprint density at radius 2 is 1.93 bits per heavy atom. The van der Waals surface area contributed by atoms with Crippen LogP contribution in [0.25, 0.3) is 0 Å². The van der Waals surface area contributed by atoms with E-state index in [1.54, 1.807) is 12.1 Å². The molecule has 3 aliphatic rings. The maximum absolute atomic E-state index is 13.1. The van der Waals surface area contributed by atoms with E-state index in [2.05, 4.69) is 12.2 Å². The molecule has 0 N–H and O–H groups in total. The highest BCUT2D eigenvalue weighted by atomic mass is 35.5. The van der Waals surface area contributed by atoms with E-state index in [-0.39, 0.29) is 23.8 Å². The van der Waals surface area contributed by atoms with Crippen LogP contribution in [-0.2, 0) is 16.0 Å². The van der Waals surface area contributed by atoms with E-state index in [4.69, 9.17) is 21.4 Å². The van der Waals surface area contributed by atoms with Crippen molar-refractivity contribution < 1.29 is 14.1 Å². The molecule has 1 aromatic rings. The van der Waals surface area contributed by atoms with Crippen molar-refractivity contribution in [1.29, 1.82) is 0 Å². The van der Waals surface area contributed by atoms with E-state index in [1.165, 1.54) is 0 Å². The zero-order valence-corrected chi connectivity index (χ0v) is 16.8. The monoisotopic (exact) mass is 406 g/mol. The maximum atomic E-state index is 13.1. The molecule has 144 valence electrons. The number of hydrazone groups is 1. The minimum absolute atomic E-state index is 0.0331. The summed E-state index contributed by atoms with van der Waals surface area (Å²) in [5.41, 5.74) is 1.85. The molecule has 0 spiro atoms. The molecule has 0 unspecified atom stereocenters. The number of hydrogen-bond donors (Lipinski definition) is 0. The quantitative estimate of drug-likeness (QED) is 0.570. The fourth-order valence-electron chi connectivity index (χ4n) is 4.18. The summed E-state index contributed by atoms with van der Waals surface area (Å²) >= 11 is 5.58. The second kappa shape index (κ2) is 7.86. The first-order chi connectivity index (χ1) is 13.1. The number of carbonyl (C=O) groups is 1. The molecule has 2 aliphatic heterocycles. The van der Waals surface area contributed by atoms with Gasteiger partial charge >= 0.3 is 0 Å². The zero-order chi connectivity index (χ0) is 19.0. The molecule has 27 heavy (non-hydrogen) atoms. The summed E-state index contributed by atoms with van der Waals surface area (Å²) in [5.74, 6) is 1.99. The van der Waals surface area contributed by atoms with Gasteiger partial charge in [-0.3, -0.25) is 4.79 Å². The SMILES string of the molecule is COc1ccc(C2=NN(C3CC[S+]([O-])CC3)C(=O)[C@@H]3CC=CC[C@H]23)cc1Cl. The van der Waals surface area contributed by atoms with E-state index in [9.17, 15) is 9.35 Å². The van der Waals surface area contributed by atoms with E-state index in [0.29, 0.717) is 22.3 Å². The van der Waals surface area contributed by atoms with Crippen molar-refractivity contribution in [2.45, 2.75) is 31.7 Å². The highest BCUT2D eigenvalue weighted by molar-refractivity contribution is 7.91. The normalized spacial score (nSPS) is 30.7. The molecule has 0 aromatic heterocycles. The van der Waals surface area contributed by atoms with Crippen LogP contribution in [0.3, 0.4) is 0 Å². The first-order valence-electron chi connectivity index (χ1n) is 9.34. The van der Waals surface area contributed by atoms with E-state index in [0.717, 1.165) is 37.0 Å². The fraction of sp³-hybridized carbons (Fsp3) is 0.500. The van der Waals surface area contributed by atoms with Crippen LogP contribution in [0, 0.1) is 11.8 Å². The standard InChI is InChI=1S/C20H23ClN2O3S/c1-26-18-7-6-13(12-17(18)21)19-15-4-2-3-5-16(15)20(24)23(22-19)14-8-10-27(25)11-9-14/h2-3,6-7,12,14-16H,4-5,8-11H2,1H3/t14?,15-,16+,27?/m0/s1. The number of ether oxygens (including phenoxy) is 1. The summed E-state index contributed by atoms with van der Waals surface area (Å²) in [5, 5.41) is 7.05. The molecular formula is C20H23ClN2O3S. The number of halogens is 1. The fourth-order valence-corrected chi connectivity index (χ4v) is 5.72. The van der Waals surface area contributed by atoms with Gasteiger partial charge in [-0.25, -0.2) is 5.01 Å². The van der Waals surface area contributed by atoms with Crippen molar-refractivity contribution in [1.82, 2.24) is 5.01 Å². The Kier molecular flexibility index (Phi) is 5.48. The molecule has 4 rings (SSSR count). The summed E-state index contributed by atoms with van der Waals surface area (Å²) in [4.78, 5) is 13.1. The lowest BCUT2D eigenvalue weighted by atomic mass is 9.76. The zero-order valence-electron chi connectivity index (χ0n) is 15.3. The van der Waals surface area contributed by atoms with Crippen LogP contribution >= 0.6 is 11.6 Å². The molecule has 2 atom stereocenters. The molecule has 1 aromatic carbocycles. The lowest BCUT2D eigenvalue weighted by molar-refractivity contribution is -0.140. The molecule has 5 nitrogen and oxygen atoms in total. The Morgan fingerprint density at radius 3 is 2.59 bits per heavy atom. The van der Waals surface area contributed by atoms with Crippen molar-refractivity contribution in [2.24, 2.45) is 16.9 Å². The molecule has 0 bridgehead atoms. The van der Waals surface area contributed by atoms with Crippen LogP contribution in [0.1, 0.15) is 31.2 Å². The van der Waals surface area contributed by atoms with E-state index in [1.807, 2.05) is 18.2 Å². The first-order valence-corrected chi connectivity index (χ1v) is 11.2. The minimum atomic E-state index is -0.765. The number of allylic oxidation sites excluding steroid dienone is 2. The molecule has 1 saturated heterocycles. The lowest BCUT2D eigenvalue weighted by Crippen LogP contribution is -2.51. The van der Waals surface area contributed by atoms with Gasteiger partial charge in [-0.2, -0.15) is 5.10 Å². The number of benzene rings is 1. The Morgan fingerprint density at radius 1 is 1.22 bits per heavy atom. The first kappa shape index (κ1) is 18.8. The smallest absolute Gasteiger partial charge is 0.247 e. The third-order valence-electron chi connectivity index (χ3n) is 5.69. The summed E-state index contributed by atoms with van der Waals surface area (Å²) in [6, 6.07) is 5.71. The second-order valence-electron chi connectivity index (χ2n) is 7.25. The van der Waals surface area contributed by atoms with Gasteiger partial charge in [-0.15, -0.1) is 0 Å². The Labute approximate surface area is 167 Å². The average Bonchev–Trinajstić information content (AvgIpc) is 2.69. The van der Waals surface area contributed by atoms with Gasteiger partial charge in [0.05, 0.1) is 29.8 Å². The Bertz CT molecular complexity index is 789. The molecule has 1 aliphatic carbocycles. The minimum Gasteiger partial charge on any atom is -0.616 e. The predicted molar refractivity (Wildman–Crippen MR) is 108 cm³/mol. The third kappa shape index (κ3) is 3.62. The summed E-state index contributed by atoms with van der Waals surface area (Å²) in [6.45, 7) is 0. The van der Waals surface area contributed by atoms with Gasteiger partial charge in [0.15, 0.2) is 0 Å². The summed E-state index contributed by atoms with van der Waals surface area (Å²) in [7, 11) is 1.59. The van der Waals surface area contributed by atoms with Crippen molar-refractivity contribution in [3.63, 3.8) is 0 Å². The molecule has 0 radical (unpaired) electrons. The van der Waals surface area contributed by atoms with Crippen LogP contribution in [-0.4, -0.2) is 45.8 Å². The molecule has 7 heteroatoms. The van der Waals surface area contributed by atoms with Crippen molar-refractivity contribution >= 4 is 34.4 Å². The lowest BCUT2D eigenvalue weighted by Gasteiger charge is -2.41. The largest absolute Gasteiger partial charge is 0.616 e. The summed E-state index contributed by atoms with van der Waals surface area (Å²) < 4.78 is 17.0. The van der Waals surface area contributed by atoms with Crippen molar-refractivity contribution in [3.05, 3.63) is 40.9 Å². The molecular weight excluding hydrogens is 384 g/mol. The third-order valence-corrected chi connectivity index (χ3v) is 7.37. The van der Waals surface area contributed by atoms with Gasteiger partial charge in [-0.05, 0) is 36.6 Å². The number of methoxy groups -OCH3 is 1. The highest BCUT2D eigenvalue weighted by Gasteiger charge is 2.43. The van der Waals surface area contributed by atoms with E-state index < -0.39 is 11.2 Å². The van der Waals surface area contributed by atoms with Gasteiger partial charge < -0.3 is 9.29 Å². The van der Waals surface area contributed by atoms with Crippen molar-refractivity contribution in [3.8, 4) is 5.75 Å². The van der Waals surface area contributed by atoms with Gasteiger partial charge in [-0.1, -0.05) is 34.9 Å². The molecule has 1 fully saturated rings. The van der Waals surface area contributed by atoms with Crippen LogP contribution in [0.5, 0.6) is 5.75 Å². The number of fused-ring (bicyclic) bond motifs is 1. The van der Waals surface area contributed by atoms with Crippen LogP contribution in [0.15, 0.2) is 35.5 Å². The number of nitrogens with zero attached hydrogens (tertiary/aromatic N) is 2. The van der Waals surface area contributed by atoms with Crippen LogP contribution in [0.2, 0.25) is 5.02 Å². The van der Waals surface area contributed by atoms with Gasteiger partial charge in [0.1, 0.15) is 17.3 Å². The topological polar surface area (TPSA) is 65.0 Å². The summed E-state index contributed by atoms with van der Waals surface area (Å²) in [6.07, 6.45) is 7.26. The number of hydrogen-bond acceptors (Lipinski definition) is 4. The number of amides is 1. The van der Waals surface area contributed by atoms with Gasteiger partial charge in [0.25, 0.3) is 0 Å². The number of carbonyl (C=O) groups excluding carboxylic acids is 1. The maximum Gasteiger partial charge on any atom is 0.247 e. The molecule has 0 saturated carbocycles. The molecule has 2 heterocycles. The Balaban J connectivity index is 1.72. The highest BCUT2D eigenvalue weighted by Crippen LogP contribution is 2.37. The van der Waals surface area contributed by atoms with Gasteiger partial charge in [0, 0.05) is 18.8 Å². The Hall–Kier alpha value is -1.50. The number of rotatable bonds is 3. The van der Waals surface area contributed by atoms with E-state index >= 15 is 0 Å². The molecule has 1 amide bonds. The van der Waals surface area contributed by atoms with Crippen LogP contribution < -0.4 is 4.74 Å². The predicted octanol–water partition coefficient (Wildman–Crippen LogP) is 3.39. The average molecular weight is 407 g/mol. The van der Waals surface area contributed by atoms with Crippen LogP contribution in [0.4, 0.5) is 0 Å². The van der Waals surface area contributed by atoms with Crippen molar-refractivity contribution in [2.75, 3.05) is 18.6 Å². The second-order valence-corrected chi connectivity index (χ2v) is 9.36.